The first-order chi connectivity index (χ1) is 26.5. The van der Waals surface area contributed by atoms with E-state index in [-0.39, 0.29) is 24.1 Å². The van der Waals surface area contributed by atoms with Gasteiger partial charge in [0, 0.05) is 30.7 Å². The van der Waals surface area contributed by atoms with E-state index < -0.39 is 42.0 Å². The number of para-hydroxylation sites is 1. The third-order valence-corrected chi connectivity index (χ3v) is 10.5. The molecule has 0 aliphatic carbocycles. The number of hydrogen-bond donors (Lipinski definition) is 6. The van der Waals surface area contributed by atoms with Crippen LogP contribution in [0.2, 0.25) is 0 Å². The van der Waals surface area contributed by atoms with Crippen LogP contribution in [0.1, 0.15) is 81.1 Å². The first kappa shape index (κ1) is 41.0. The topological polar surface area (TPSA) is 185 Å². The fraction of sp³-hybridized carbons (Fsp3) is 0.442. The second-order valence-corrected chi connectivity index (χ2v) is 14.8. The van der Waals surface area contributed by atoms with E-state index in [1.807, 2.05) is 61.5 Å². The first-order valence-corrected chi connectivity index (χ1v) is 19.6. The molecule has 4 aromatic rings. The molecule has 12 nitrogen and oxygen atoms in total. The number of unbranched alkanes of at least 4 members (excludes halogenated alkanes) is 3. The summed E-state index contributed by atoms with van der Waals surface area (Å²) in [7, 11) is 0. The van der Waals surface area contributed by atoms with Crippen molar-refractivity contribution in [3.05, 3.63) is 102 Å². The number of phenolic OH excluding ortho intramolecular Hbond substituents is 1. The third kappa shape index (κ3) is 11.2. The number of rotatable bonds is 20. The summed E-state index contributed by atoms with van der Waals surface area (Å²) in [4.78, 5) is 57.1. The maximum atomic E-state index is 14.4. The predicted octanol–water partition coefficient (Wildman–Crippen LogP) is 4.36. The Hall–Kier alpha value is -5.20. The van der Waals surface area contributed by atoms with Crippen molar-refractivity contribution < 1.29 is 24.3 Å². The number of primary amides is 1. The zero-order valence-corrected chi connectivity index (χ0v) is 32.1. The molecule has 5 atom stereocenters. The van der Waals surface area contributed by atoms with Crippen molar-refractivity contribution in [2.45, 2.75) is 108 Å². The van der Waals surface area contributed by atoms with Crippen LogP contribution in [0, 0.1) is 6.92 Å². The van der Waals surface area contributed by atoms with Crippen LogP contribution in [0.15, 0.2) is 85.1 Å². The number of amides is 4. The third-order valence-electron chi connectivity index (χ3n) is 10.5. The molecule has 294 valence electrons. The molecule has 1 aliphatic rings. The van der Waals surface area contributed by atoms with E-state index in [1.165, 1.54) is 0 Å². The number of aromatic hydroxyl groups is 1. The second-order valence-electron chi connectivity index (χ2n) is 14.8. The van der Waals surface area contributed by atoms with Gasteiger partial charge in [0.25, 0.3) is 5.91 Å². The highest BCUT2D eigenvalue weighted by molar-refractivity contribution is 5.95. The molecule has 5 rings (SSSR count). The fourth-order valence-electron chi connectivity index (χ4n) is 7.42. The highest BCUT2D eigenvalue weighted by atomic mass is 16.3. The van der Waals surface area contributed by atoms with Gasteiger partial charge < -0.3 is 42.0 Å². The Labute approximate surface area is 324 Å². The van der Waals surface area contributed by atoms with Crippen molar-refractivity contribution in [2.75, 3.05) is 13.1 Å². The normalized spacial score (nSPS) is 16.3. The minimum Gasteiger partial charge on any atom is -0.508 e. The standard InChI is InChI=1S/C43H57N7O5/c1-3-4-5-9-15-32(44)27-46-36(26-31-19-22-33(51)23-20-31)43(55)49-25-12-18-38(49)41(53)48-40(50-28-29(2)34-16-10-11-17-37(34)50)42(54)47-35(39(45)52)24-21-30-13-7-6-8-14-30/h6-8,10-11,13-14,16-17,19-20,22-23,28,32,35-36,38,40,46,51H,3-5,9,12,15,18,21,24-27,44H2,1-2H3,(H2,45,52)(H,47,54)(H,48,53). The lowest BCUT2D eigenvalue weighted by molar-refractivity contribution is -0.141. The van der Waals surface area contributed by atoms with E-state index in [0.29, 0.717) is 38.8 Å². The van der Waals surface area contributed by atoms with Gasteiger partial charge in [0.2, 0.25) is 17.7 Å². The van der Waals surface area contributed by atoms with Crippen LogP contribution in [0.25, 0.3) is 10.9 Å². The van der Waals surface area contributed by atoms with Gasteiger partial charge in [0.05, 0.1) is 11.6 Å². The molecular formula is C43H57N7O5. The number of aromatic nitrogens is 1. The van der Waals surface area contributed by atoms with Gasteiger partial charge in [-0.1, -0.05) is 93.3 Å². The van der Waals surface area contributed by atoms with Crippen molar-refractivity contribution in [3.8, 4) is 5.75 Å². The minimum atomic E-state index is -1.24. The van der Waals surface area contributed by atoms with Crippen molar-refractivity contribution in [2.24, 2.45) is 11.5 Å². The summed E-state index contributed by atoms with van der Waals surface area (Å²) < 4.78 is 1.70. The Morgan fingerprint density at radius 2 is 1.60 bits per heavy atom. The summed E-state index contributed by atoms with van der Waals surface area (Å²) >= 11 is 0. The van der Waals surface area contributed by atoms with Gasteiger partial charge >= 0.3 is 0 Å². The number of nitrogens with zero attached hydrogens (tertiary/aromatic N) is 2. The predicted molar refractivity (Wildman–Crippen MR) is 215 cm³/mol. The maximum Gasteiger partial charge on any atom is 0.264 e. The second kappa shape index (κ2) is 19.9. The van der Waals surface area contributed by atoms with Gasteiger partial charge in [0.1, 0.15) is 17.8 Å². The highest BCUT2D eigenvalue weighted by Crippen LogP contribution is 2.26. The van der Waals surface area contributed by atoms with Crippen LogP contribution in [-0.4, -0.2) is 75.5 Å². The molecule has 0 radical (unpaired) electrons. The molecule has 2 heterocycles. The van der Waals surface area contributed by atoms with Gasteiger partial charge in [0.15, 0.2) is 6.17 Å². The van der Waals surface area contributed by atoms with E-state index >= 15 is 0 Å². The first-order valence-electron chi connectivity index (χ1n) is 19.6. The lowest BCUT2D eigenvalue weighted by atomic mass is 10.0. The monoisotopic (exact) mass is 751 g/mol. The Balaban J connectivity index is 1.36. The molecule has 1 saturated heterocycles. The van der Waals surface area contributed by atoms with Crippen LogP contribution in [0.3, 0.4) is 0 Å². The molecule has 0 saturated carbocycles. The zero-order chi connectivity index (χ0) is 39.3. The van der Waals surface area contributed by atoms with Crippen molar-refractivity contribution in [1.82, 2.24) is 25.4 Å². The van der Waals surface area contributed by atoms with Gasteiger partial charge in [-0.15, -0.1) is 0 Å². The number of hydrogen-bond acceptors (Lipinski definition) is 7. The maximum absolute atomic E-state index is 14.4. The van der Waals surface area contributed by atoms with Crippen LogP contribution in [-0.2, 0) is 32.0 Å². The molecule has 12 heteroatoms. The number of phenols is 1. The lowest BCUT2D eigenvalue weighted by Crippen LogP contribution is -2.56. The van der Waals surface area contributed by atoms with Crippen molar-refractivity contribution >= 4 is 34.5 Å². The largest absolute Gasteiger partial charge is 0.508 e. The number of aryl methyl sites for hydroxylation is 2. The summed E-state index contributed by atoms with van der Waals surface area (Å²) in [5.74, 6) is -1.85. The molecule has 55 heavy (non-hydrogen) atoms. The average molecular weight is 752 g/mol. The number of nitrogens with two attached hydrogens (primary N) is 2. The van der Waals surface area contributed by atoms with Crippen molar-refractivity contribution in [3.63, 3.8) is 0 Å². The molecule has 1 fully saturated rings. The van der Waals surface area contributed by atoms with Crippen LogP contribution < -0.4 is 27.4 Å². The van der Waals surface area contributed by atoms with E-state index in [0.717, 1.165) is 59.7 Å². The minimum absolute atomic E-state index is 0.132. The van der Waals surface area contributed by atoms with E-state index in [9.17, 15) is 24.3 Å². The molecule has 0 bridgehead atoms. The lowest BCUT2D eigenvalue weighted by Gasteiger charge is -2.31. The number of benzene rings is 3. The van der Waals surface area contributed by atoms with Crippen LogP contribution >= 0.6 is 0 Å². The smallest absolute Gasteiger partial charge is 0.264 e. The van der Waals surface area contributed by atoms with E-state index in [1.54, 1.807) is 39.9 Å². The van der Waals surface area contributed by atoms with Crippen LogP contribution in [0.5, 0.6) is 5.75 Å². The molecule has 5 unspecified atom stereocenters. The number of carbonyl (C=O) groups excluding carboxylic acids is 4. The summed E-state index contributed by atoms with van der Waals surface area (Å²) in [6.07, 6.45) is 7.97. The molecule has 1 aromatic heterocycles. The average Bonchev–Trinajstić information content (AvgIpc) is 3.81. The van der Waals surface area contributed by atoms with Crippen molar-refractivity contribution in [1.29, 1.82) is 0 Å². The Bertz CT molecular complexity index is 1880. The molecule has 1 aliphatic heterocycles. The summed E-state index contributed by atoms with van der Waals surface area (Å²) in [5, 5.41) is 20.0. The Morgan fingerprint density at radius 1 is 0.873 bits per heavy atom. The van der Waals surface area contributed by atoms with Gasteiger partial charge in [-0.25, -0.2) is 0 Å². The zero-order valence-electron chi connectivity index (χ0n) is 32.1. The fourth-order valence-corrected chi connectivity index (χ4v) is 7.42. The van der Waals surface area contributed by atoms with Crippen LogP contribution in [0.4, 0.5) is 0 Å². The molecule has 4 amide bonds. The Morgan fingerprint density at radius 3 is 2.33 bits per heavy atom. The quantitative estimate of drug-likeness (QED) is 0.0725. The van der Waals surface area contributed by atoms with E-state index in [2.05, 4.69) is 22.9 Å². The summed E-state index contributed by atoms with van der Waals surface area (Å²) in [6.45, 7) is 4.90. The number of likely N-dealkylation sites (tertiary alicyclic amines) is 1. The van der Waals surface area contributed by atoms with Gasteiger partial charge in [-0.05, 0) is 80.3 Å². The van der Waals surface area contributed by atoms with E-state index in [4.69, 9.17) is 11.5 Å². The SMILES string of the molecule is CCCCCCC(N)CNC(Cc1ccc(O)cc1)C(=O)N1CCCC1C(=O)NC(C(=O)NC(CCc1ccccc1)C(N)=O)n1cc(C)c2ccccc21. The highest BCUT2D eigenvalue weighted by Gasteiger charge is 2.39. The number of carbonyl (C=O) groups is 4. The summed E-state index contributed by atoms with van der Waals surface area (Å²) in [5.41, 5.74) is 15.7. The molecule has 8 N–H and O–H groups in total. The molecular weight excluding hydrogens is 695 g/mol. The summed E-state index contributed by atoms with van der Waals surface area (Å²) in [6, 6.07) is 21.3. The number of nitrogens with one attached hydrogen (secondary N) is 3. The molecule has 3 aromatic carbocycles. The Kier molecular flexibility index (Phi) is 14.8. The van der Waals surface area contributed by atoms with Gasteiger partial charge in [-0.2, -0.15) is 0 Å². The number of fused-ring (bicyclic) bond motifs is 1. The molecule has 0 spiro atoms. The van der Waals surface area contributed by atoms with Gasteiger partial charge in [-0.3, -0.25) is 19.2 Å².